The number of rotatable bonds is 2. The highest BCUT2D eigenvalue weighted by Crippen LogP contribution is 2.23. The van der Waals surface area contributed by atoms with Crippen LogP contribution in [0.15, 0.2) is 30.9 Å². The highest BCUT2D eigenvalue weighted by molar-refractivity contribution is 6.28. The number of imidazole rings is 1. The van der Waals surface area contributed by atoms with Gasteiger partial charge in [-0.05, 0) is 23.2 Å². The molecule has 0 saturated heterocycles. The third kappa shape index (κ3) is 1.81. The monoisotopic (exact) mass is 260 g/mol. The van der Waals surface area contributed by atoms with Gasteiger partial charge in [-0.1, -0.05) is 6.07 Å². The highest BCUT2D eigenvalue weighted by atomic mass is 35.5. The van der Waals surface area contributed by atoms with Crippen molar-refractivity contribution in [2.45, 2.75) is 6.04 Å². The molecule has 3 N–H and O–H groups in total. The molecule has 90 valence electrons. The SMILES string of the molecule is NC(c1cccnc1)c1nc(Cl)nc2[nH]cnc12. The van der Waals surface area contributed by atoms with Crippen LogP contribution in [0.4, 0.5) is 0 Å². The van der Waals surface area contributed by atoms with Crippen molar-refractivity contribution in [3.8, 4) is 0 Å². The summed E-state index contributed by atoms with van der Waals surface area (Å²) in [7, 11) is 0. The lowest BCUT2D eigenvalue weighted by Crippen LogP contribution is -2.15. The van der Waals surface area contributed by atoms with Gasteiger partial charge in [-0.25, -0.2) is 9.97 Å². The minimum atomic E-state index is -0.440. The number of nitrogens with two attached hydrogens (primary N) is 1. The van der Waals surface area contributed by atoms with Crippen molar-refractivity contribution < 1.29 is 0 Å². The number of aromatic amines is 1. The first-order valence-electron chi connectivity index (χ1n) is 5.27. The van der Waals surface area contributed by atoms with Gasteiger partial charge in [0.05, 0.1) is 18.1 Å². The zero-order chi connectivity index (χ0) is 12.5. The summed E-state index contributed by atoms with van der Waals surface area (Å²) in [5.74, 6) is 0. The maximum absolute atomic E-state index is 6.17. The van der Waals surface area contributed by atoms with E-state index in [2.05, 4.69) is 24.9 Å². The number of H-pyrrole nitrogens is 1. The first kappa shape index (κ1) is 11.1. The number of pyridine rings is 1. The summed E-state index contributed by atoms with van der Waals surface area (Å²) < 4.78 is 0. The third-order valence-electron chi connectivity index (χ3n) is 2.62. The second kappa shape index (κ2) is 4.32. The smallest absolute Gasteiger partial charge is 0.224 e. The molecule has 0 bridgehead atoms. The van der Waals surface area contributed by atoms with Crippen molar-refractivity contribution in [2.75, 3.05) is 0 Å². The normalized spacial score (nSPS) is 12.8. The van der Waals surface area contributed by atoms with E-state index in [0.29, 0.717) is 16.9 Å². The second-order valence-electron chi connectivity index (χ2n) is 3.74. The fourth-order valence-electron chi connectivity index (χ4n) is 1.76. The average Bonchev–Trinajstić information content (AvgIpc) is 2.86. The summed E-state index contributed by atoms with van der Waals surface area (Å²) in [4.78, 5) is 19.3. The molecule has 0 aliphatic rings. The summed E-state index contributed by atoms with van der Waals surface area (Å²) in [6.07, 6.45) is 4.92. The molecular formula is C11H9ClN6. The van der Waals surface area contributed by atoms with Crippen molar-refractivity contribution in [1.29, 1.82) is 0 Å². The lowest BCUT2D eigenvalue weighted by Gasteiger charge is -2.11. The van der Waals surface area contributed by atoms with E-state index in [1.807, 2.05) is 12.1 Å². The van der Waals surface area contributed by atoms with Gasteiger partial charge in [0.15, 0.2) is 5.65 Å². The molecule has 0 aliphatic heterocycles. The second-order valence-corrected chi connectivity index (χ2v) is 4.08. The van der Waals surface area contributed by atoms with Gasteiger partial charge in [0.25, 0.3) is 0 Å². The highest BCUT2D eigenvalue weighted by Gasteiger charge is 2.17. The molecule has 3 aromatic heterocycles. The van der Waals surface area contributed by atoms with E-state index in [1.54, 1.807) is 12.4 Å². The number of halogens is 1. The van der Waals surface area contributed by atoms with Gasteiger partial charge in [-0.2, -0.15) is 4.98 Å². The summed E-state index contributed by atoms with van der Waals surface area (Å²) in [6.45, 7) is 0. The Morgan fingerprint density at radius 2 is 2.22 bits per heavy atom. The Labute approximate surface area is 107 Å². The fraction of sp³-hybridized carbons (Fsp3) is 0.0909. The number of nitrogens with one attached hydrogen (secondary N) is 1. The largest absolute Gasteiger partial charge is 0.329 e. The minimum Gasteiger partial charge on any atom is -0.329 e. The number of hydrogen-bond donors (Lipinski definition) is 2. The summed E-state index contributed by atoms with van der Waals surface area (Å²) in [6, 6.07) is 3.26. The summed E-state index contributed by atoms with van der Waals surface area (Å²) >= 11 is 5.87. The van der Waals surface area contributed by atoms with E-state index in [-0.39, 0.29) is 5.28 Å². The molecule has 18 heavy (non-hydrogen) atoms. The Kier molecular flexibility index (Phi) is 2.66. The number of fused-ring (bicyclic) bond motifs is 1. The van der Waals surface area contributed by atoms with E-state index < -0.39 is 6.04 Å². The Hall–Kier alpha value is -2.05. The number of hydrogen-bond acceptors (Lipinski definition) is 5. The molecule has 7 heteroatoms. The number of nitrogens with zero attached hydrogens (tertiary/aromatic N) is 4. The molecule has 0 aliphatic carbocycles. The van der Waals surface area contributed by atoms with Crippen LogP contribution in [0.2, 0.25) is 5.28 Å². The van der Waals surface area contributed by atoms with E-state index in [1.165, 1.54) is 6.33 Å². The zero-order valence-corrected chi connectivity index (χ0v) is 9.96. The minimum absolute atomic E-state index is 0.140. The molecule has 0 spiro atoms. The molecule has 1 atom stereocenters. The molecule has 0 radical (unpaired) electrons. The molecule has 3 aromatic rings. The van der Waals surface area contributed by atoms with Gasteiger partial charge >= 0.3 is 0 Å². The third-order valence-corrected chi connectivity index (χ3v) is 2.79. The predicted octanol–water partition coefficient (Wildman–Crippen LogP) is 1.45. The van der Waals surface area contributed by atoms with Crippen molar-refractivity contribution in [3.63, 3.8) is 0 Å². The van der Waals surface area contributed by atoms with Gasteiger partial charge in [0.1, 0.15) is 5.52 Å². The molecule has 3 rings (SSSR count). The van der Waals surface area contributed by atoms with E-state index in [9.17, 15) is 0 Å². The van der Waals surface area contributed by atoms with Crippen LogP contribution in [0.25, 0.3) is 11.2 Å². The fourth-order valence-corrected chi connectivity index (χ4v) is 1.94. The van der Waals surface area contributed by atoms with Crippen LogP contribution in [-0.4, -0.2) is 24.9 Å². The van der Waals surface area contributed by atoms with Gasteiger partial charge in [0, 0.05) is 12.4 Å². The van der Waals surface area contributed by atoms with Crippen LogP contribution >= 0.6 is 11.6 Å². The van der Waals surface area contributed by atoms with E-state index in [4.69, 9.17) is 17.3 Å². The van der Waals surface area contributed by atoms with Crippen LogP contribution in [0.1, 0.15) is 17.3 Å². The summed E-state index contributed by atoms with van der Waals surface area (Å²) in [5, 5.41) is 0.140. The standard InChI is InChI=1S/C11H9ClN6/c12-11-17-8(9-10(18-11)16-5-15-9)7(13)6-2-1-3-14-4-6/h1-5,7H,13H2,(H,15,16,17,18). The van der Waals surface area contributed by atoms with Gasteiger partial charge in [0.2, 0.25) is 5.28 Å². The van der Waals surface area contributed by atoms with Gasteiger partial charge in [-0.3, -0.25) is 4.98 Å². The first-order chi connectivity index (χ1) is 8.75. The van der Waals surface area contributed by atoms with Crippen molar-refractivity contribution in [3.05, 3.63) is 47.4 Å². The lowest BCUT2D eigenvalue weighted by atomic mass is 10.1. The van der Waals surface area contributed by atoms with Crippen LogP contribution in [0.5, 0.6) is 0 Å². The maximum Gasteiger partial charge on any atom is 0.224 e. The quantitative estimate of drug-likeness (QED) is 0.680. The van der Waals surface area contributed by atoms with Crippen LogP contribution in [0, 0.1) is 0 Å². The lowest BCUT2D eigenvalue weighted by molar-refractivity contribution is 0.825. The van der Waals surface area contributed by atoms with Gasteiger partial charge in [-0.15, -0.1) is 0 Å². The van der Waals surface area contributed by atoms with Crippen molar-refractivity contribution >= 4 is 22.8 Å². The van der Waals surface area contributed by atoms with Crippen LogP contribution < -0.4 is 5.73 Å². The molecule has 0 amide bonds. The van der Waals surface area contributed by atoms with Crippen molar-refractivity contribution in [1.82, 2.24) is 24.9 Å². The molecular weight excluding hydrogens is 252 g/mol. The Morgan fingerprint density at radius 1 is 1.33 bits per heavy atom. The number of aromatic nitrogens is 5. The van der Waals surface area contributed by atoms with E-state index in [0.717, 1.165) is 5.56 Å². The van der Waals surface area contributed by atoms with Crippen molar-refractivity contribution in [2.24, 2.45) is 5.73 Å². The van der Waals surface area contributed by atoms with Crippen LogP contribution in [-0.2, 0) is 0 Å². The van der Waals surface area contributed by atoms with Gasteiger partial charge < -0.3 is 10.7 Å². The maximum atomic E-state index is 6.17. The van der Waals surface area contributed by atoms with Crippen LogP contribution in [0.3, 0.4) is 0 Å². The predicted molar refractivity (Wildman–Crippen MR) is 67.0 cm³/mol. The molecule has 6 nitrogen and oxygen atoms in total. The Balaban J connectivity index is 2.17. The zero-order valence-electron chi connectivity index (χ0n) is 9.21. The molecule has 0 aromatic carbocycles. The Morgan fingerprint density at radius 3 is 3.00 bits per heavy atom. The molecule has 0 fully saturated rings. The Bertz CT molecular complexity index is 680. The topological polar surface area (TPSA) is 93.4 Å². The molecule has 0 saturated carbocycles. The summed E-state index contributed by atoms with van der Waals surface area (Å²) in [5.41, 5.74) is 8.79. The first-order valence-corrected chi connectivity index (χ1v) is 5.65. The average molecular weight is 261 g/mol. The molecule has 1 unspecified atom stereocenters. The molecule has 3 heterocycles. The van der Waals surface area contributed by atoms with E-state index >= 15 is 0 Å².